The molecule has 0 heterocycles. The Labute approximate surface area is 197 Å². The maximum absolute atomic E-state index is 11.6. The first-order chi connectivity index (χ1) is 15.3. The van der Waals surface area contributed by atoms with Crippen LogP contribution in [-0.4, -0.2) is 64.0 Å². The maximum Gasteiger partial charge on any atom is 0.305 e. The Morgan fingerprint density at radius 2 is 1.31 bits per heavy atom. The van der Waals surface area contributed by atoms with Crippen LogP contribution in [0.25, 0.3) is 0 Å². The number of carbonyl (C=O) groups is 1. The lowest BCUT2D eigenvalue weighted by molar-refractivity contribution is -0.880. The molecule has 0 radical (unpaired) electrons. The number of rotatable bonds is 21. The summed E-state index contributed by atoms with van der Waals surface area (Å²) in [5.74, 6) is -0.0696. The summed E-state index contributed by atoms with van der Waals surface area (Å²) in [5, 5.41) is 8.80. The van der Waals surface area contributed by atoms with Crippen LogP contribution in [0.1, 0.15) is 104 Å². The van der Waals surface area contributed by atoms with Crippen LogP contribution >= 0.6 is 0 Å². The van der Waals surface area contributed by atoms with Crippen molar-refractivity contribution in [3.05, 3.63) is 0 Å². The maximum atomic E-state index is 11.6. The van der Waals surface area contributed by atoms with Crippen LogP contribution in [-0.2, 0) is 24.1 Å². The molecule has 0 aromatic carbocycles. The molecule has 8 nitrogen and oxygen atoms in total. The van der Waals surface area contributed by atoms with Crippen molar-refractivity contribution in [1.82, 2.24) is 0 Å². The van der Waals surface area contributed by atoms with Gasteiger partial charge in [0, 0.05) is 6.42 Å². The van der Waals surface area contributed by atoms with Crippen molar-refractivity contribution in [3.8, 4) is 0 Å². The highest BCUT2D eigenvalue weighted by Crippen LogP contribution is 2.13. The molecule has 2 N–H and O–H groups in total. The number of quaternary nitrogens is 1. The summed E-state index contributed by atoms with van der Waals surface area (Å²) in [5.41, 5.74) is 0. The molecule has 0 aromatic rings. The summed E-state index contributed by atoms with van der Waals surface area (Å²) >= 11 is 0. The van der Waals surface area contributed by atoms with Crippen LogP contribution in [0.2, 0.25) is 0 Å². The summed E-state index contributed by atoms with van der Waals surface area (Å²) in [6.07, 6.45) is 17.7. The van der Waals surface area contributed by atoms with Crippen molar-refractivity contribution in [2.75, 3.05) is 40.0 Å². The number of ether oxygens (including phenoxy) is 1. The SMILES string of the molecule is CCCCCCCCCCCCCCCC(=O)OCC[NH+](C)CCO.CCOS(=O)(=O)[O-]. The van der Waals surface area contributed by atoms with Gasteiger partial charge in [-0.15, -0.1) is 0 Å². The van der Waals surface area contributed by atoms with Gasteiger partial charge in [-0.05, 0) is 13.3 Å². The van der Waals surface area contributed by atoms with Crippen LogP contribution in [0.5, 0.6) is 0 Å². The fourth-order valence-electron chi connectivity index (χ4n) is 3.16. The van der Waals surface area contributed by atoms with Crippen LogP contribution < -0.4 is 4.90 Å². The van der Waals surface area contributed by atoms with E-state index in [4.69, 9.17) is 9.84 Å². The number of aliphatic hydroxyl groups is 1. The minimum Gasteiger partial charge on any atom is -0.726 e. The van der Waals surface area contributed by atoms with E-state index >= 15 is 0 Å². The Hall–Kier alpha value is -0.740. The molecule has 0 bridgehead atoms. The first-order valence-electron chi connectivity index (χ1n) is 12.4. The Morgan fingerprint density at radius 3 is 1.69 bits per heavy atom. The monoisotopic (exact) mass is 483 g/mol. The molecule has 0 fully saturated rings. The van der Waals surface area contributed by atoms with Crippen molar-refractivity contribution in [3.63, 3.8) is 0 Å². The Morgan fingerprint density at radius 1 is 0.844 bits per heavy atom. The topological polar surface area (TPSA) is 117 Å². The number of likely N-dealkylation sites (N-methyl/N-ethyl adjacent to an activating group) is 1. The van der Waals surface area contributed by atoms with Crippen LogP contribution in [0.3, 0.4) is 0 Å². The van der Waals surface area contributed by atoms with E-state index in [1.54, 1.807) is 0 Å². The zero-order chi connectivity index (χ0) is 24.5. The second kappa shape index (κ2) is 24.9. The first kappa shape index (κ1) is 33.4. The Balaban J connectivity index is 0. The third kappa shape index (κ3) is 31.4. The number of hydrogen-bond acceptors (Lipinski definition) is 7. The molecule has 0 spiro atoms. The van der Waals surface area contributed by atoms with Gasteiger partial charge in [-0.1, -0.05) is 84.0 Å². The molecule has 0 aliphatic carbocycles. The zero-order valence-corrected chi connectivity index (χ0v) is 21.6. The molecular weight excluding hydrogens is 434 g/mol. The van der Waals surface area contributed by atoms with E-state index in [1.807, 2.05) is 7.05 Å². The second-order valence-electron chi connectivity index (χ2n) is 8.21. The van der Waals surface area contributed by atoms with Gasteiger partial charge in [0.1, 0.15) is 19.7 Å². The van der Waals surface area contributed by atoms with E-state index in [1.165, 1.54) is 82.5 Å². The minimum atomic E-state index is -4.42. The third-order valence-corrected chi connectivity index (χ3v) is 5.60. The normalized spacial score (nSPS) is 12.2. The number of nitrogens with one attached hydrogen (secondary N) is 1. The van der Waals surface area contributed by atoms with Crippen molar-refractivity contribution < 1.29 is 36.7 Å². The smallest absolute Gasteiger partial charge is 0.305 e. The third-order valence-electron chi connectivity index (χ3n) is 5.08. The number of carbonyl (C=O) groups excluding carboxylic acids is 1. The fourth-order valence-corrected chi connectivity index (χ4v) is 3.45. The Kier molecular flexibility index (Phi) is 26.0. The molecule has 0 aliphatic heterocycles. The van der Waals surface area contributed by atoms with Gasteiger partial charge < -0.3 is 19.3 Å². The lowest BCUT2D eigenvalue weighted by Gasteiger charge is -2.12. The van der Waals surface area contributed by atoms with Gasteiger partial charge in [-0.3, -0.25) is 8.98 Å². The molecule has 0 saturated carbocycles. The lowest BCUT2D eigenvalue weighted by Crippen LogP contribution is -3.10. The van der Waals surface area contributed by atoms with Gasteiger partial charge in [-0.2, -0.15) is 0 Å². The van der Waals surface area contributed by atoms with E-state index in [2.05, 4.69) is 11.1 Å². The van der Waals surface area contributed by atoms with E-state index in [0.717, 1.165) is 19.4 Å². The number of unbranched alkanes of at least 4 members (excludes halogenated alkanes) is 12. The summed E-state index contributed by atoms with van der Waals surface area (Å²) in [7, 11) is -2.43. The van der Waals surface area contributed by atoms with Gasteiger partial charge in [-0.25, -0.2) is 8.42 Å². The van der Waals surface area contributed by atoms with Crippen molar-refractivity contribution >= 4 is 16.4 Å². The van der Waals surface area contributed by atoms with Crippen LogP contribution in [0, 0.1) is 0 Å². The molecule has 194 valence electrons. The van der Waals surface area contributed by atoms with Gasteiger partial charge >= 0.3 is 5.97 Å². The quantitative estimate of drug-likeness (QED) is 0.111. The fraction of sp³-hybridized carbons (Fsp3) is 0.957. The Bertz CT molecular complexity index is 501. The number of hydrogen-bond donors (Lipinski definition) is 2. The number of esters is 1. The van der Waals surface area contributed by atoms with E-state index in [0.29, 0.717) is 19.6 Å². The summed E-state index contributed by atoms with van der Waals surface area (Å²) < 4.78 is 37.2. The van der Waals surface area contributed by atoms with Gasteiger partial charge in [0.15, 0.2) is 0 Å². The average Bonchev–Trinajstić information content (AvgIpc) is 2.71. The highest BCUT2D eigenvalue weighted by molar-refractivity contribution is 7.80. The molecule has 0 rings (SSSR count). The predicted octanol–water partition coefficient (Wildman–Crippen LogP) is 3.00. The molecule has 9 heteroatoms. The van der Waals surface area contributed by atoms with Gasteiger partial charge in [0.2, 0.25) is 10.4 Å². The first-order valence-corrected chi connectivity index (χ1v) is 13.8. The molecule has 1 atom stereocenters. The summed E-state index contributed by atoms with van der Waals surface area (Å²) in [4.78, 5) is 12.8. The minimum absolute atomic E-state index is 0.0696. The molecule has 32 heavy (non-hydrogen) atoms. The molecule has 0 aromatic heterocycles. The highest BCUT2D eigenvalue weighted by atomic mass is 32.3. The molecular formula is C23H49NO7S. The van der Waals surface area contributed by atoms with Crippen molar-refractivity contribution in [2.45, 2.75) is 104 Å². The van der Waals surface area contributed by atoms with Crippen LogP contribution in [0.15, 0.2) is 0 Å². The molecule has 1 unspecified atom stereocenters. The molecule has 0 aliphatic rings. The largest absolute Gasteiger partial charge is 0.726 e. The predicted molar refractivity (Wildman–Crippen MR) is 126 cm³/mol. The van der Waals surface area contributed by atoms with Crippen LogP contribution in [0.4, 0.5) is 0 Å². The van der Waals surface area contributed by atoms with Crippen molar-refractivity contribution in [1.29, 1.82) is 0 Å². The molecule has 0 amide bonds. The second-order valence-corrected chi connectivity index (χ2v) is 9.26. The summed E-state index contributed by atoms with van der Waals surface area (Å²) in [6.45, 7) is 5.72. The van der Waals surface area contributed by atoms with E-state index < -0.39 is 10.4 Å². The lowest BCUT2D eigenvalue weighted by atomic mass is 10.0. The zero-order valence-electron chi connectivity index (χ0n) is 20.7. The average molecular weight is 484 g/mol. The summed E-state index contributed by atoms with van der Waals surface area (Å²) in [6, 6.07) is 0. The van der Waals surface area contributed by atoms with Gasteiger partial charge in [0.05, 0.1) is 20.3 Å². The standard InChI is InChI=1S/C21H43NO3.C2H6O4S/c1-3-4-5-6-7-8-9-10-11-12-13-14-15-16-21(24)25-20-18-22(2)17-19-23;1-2-6-7(3,4)5/h23H,3-20H2,1-2H3;2H2,1H3,(H,3,4,5). The van der Waals surface area contributed by atoms with Crippen molar-refractivity contribution in [2.24, 2.45) is 0 Å². The van der Waals surface area contributed by atoms with E-state index in [-0.39, 0.29) is 19.2 Å². The number of aliphatic hydroxyl groups excluding tert-OH is 1. The van der Waals surface area contributed by atoms with E-state index in [9.17, 15) is 17.8 Å². The highest BCUT2D eigenvalue weighted by Gasteiger charge is 2.05. The molecule has 0 saturated heterocycles. The van der Waals surface area contributed by atoms with Gasteiger partial charge in [0.25, 0.3) is 0 Å².